The second kappa shape index (κ2) is 4.52. The average molecular weight is 290 g/mol. The first-order chi connectivity index (χ1) is 9.56. The van der Waals surface area contributed by atoms with Crippen LogP contribution >= 0.6 is 11.3 Å². The van der Waals surface area contributed by atoms with E-state index in [0.29, 0.717) is 17.1 Å². The lowest BCUT2D eigenvalue weighted by Crippen LogP contribution is -1.88. The number of carbonyl (C=O) groups excluding carboxylic acids is 1. The smallest absolute Gasteiger partial charge is 0.194 e. The molecule has 2 heterocycles. The van der Waals surface area contributed by atoms with Crippen LogP contribution in [0.3, 0.4) is 0 Å². The Morgan fingerprint density at radius 2 is 1.85 bits per heavy atom. The van der Waals surface area contributed by atoms with E-state index in [9.17, 15) is 4.79 Å². The van der Waals surface area contributed by atoms with Crippen LogP contribution in [0.15, 0.2) is 16.5 Å². The van der Waals surface area contributed by atoms with Crippen LogP contribution in [0.1, 0.15) is 22.4 Å². The quantitative estimate of drug-likeness (QED) is 0.679. The predicted molar refractivity (Wildman–Crippen MR) is 79.4 cm³/mol. The fourth-order valence-electron chi connectivity index (χ4n) is 2.41. The van der Waals surface area contributed by atoms with Gasteiger partial charge in [-0.3, -0.25) is 4.79 Å². The van der Waals surface area contributed by atoms with Gasteiger partial charge in [0.05, 0.1) is 24.3 Å². The second-order valence-electron chi connectivity index (χ2n) is 4.58. The van der Waals surface area contributed by atoms with Gasteiger partial charge in [0, 0.05) is 17.2 Å². The Hall–Kier alpha value is -2.01. The number of carbonyl (C=O) groups is 1. The van der Waals surface area contributed by atoms with Gasteiger partial charge in [0.2, 0.25) is 0 Å². The first-order valence-corrected chi connectivity index (χ1v) is 6.97. The van der Waals surface area contributed by atoms with Gasteiger partial charge in [0.15, 0.2) is 22.9 Å². The summed E-state index contributed by atoms with van der Waals surface area (Å²) in [5.41, 5.74) is 0.559. The Kier molecular flexibility index (Phi) is 2.94. The van der Waals surface area contributed by atoms with Gasteiger partial charge in [-0.05, 0) is 19.1 Å². The van der Waals surface area contributed by atoms with Crippen LogP contribution in [0.25, 0.3) is 21.1 Å². The second-order valence-corrected chi connectivity index (χ2v) is 5.83. The lowest BCUT2D eigenvalue weighted by atomic mass is 10.1. The van der Waals surface area contributed by atoms with Crippen molar-refractivity contribution in [2.45, 2.75) is 13.8 Å². The van der Waals surface area contributed by atoms with E-state index in [1.807, 2.05) is 6.92 Å². The maximum Gasteiger partial charge on any atom is 0.194 e. The standard InChI is InChI=1S/C15H14O4S/c1-7-5-10-12(17-3)9-6-11(8(2)16)19-13(9)14(18-4)15(10)20-7/h5-6H,1-4H3. The SMILES string of the molecule is COc1c2cc(C(C)=O)oc2c(OC)c2sc(C)cc12. The number of rotatable bonds is 3. The number of thiophene rings is 1. The zero-order valence-corrected chi connectivity index (χ0v) is 12.5. The van der Waals surface area contributed by atoms with Crippen molar-refractivity contribution in [2.75, 3.05) is 14.2 Å². The highest BCUT2D eigenvalue weighted by Crippen LogP contribution is 2.47. The lowest BCUT2D eigenvalue weighted by molar-refractivity contribution is 0.0989. The first kappa shape index (κ1) is 13.0. The van der Waals surface area contributed by atoms with Gasteiger partial charge in [-0.1, -0.05) is 0 Å². The van der Waals surface area contributed by atoms with E-state index in [4.69, 9.17) is 13.9 Å². The van der Waals surface area contributed by atoms with Crippen molar-refractivity contribution >= 4 is 38.2 Å². The molecule has 0 aliphatic carbocycles. The summed E-state index contributed by atoms with van der Waals surface area (Å²) in [6.07, 6.45) is 0. The summed E-state index contributed by atoms with van der Waals surface area (Å²) in [4.78, 5) is 12.7. The van der Waals surface area contributed by atoms with Crippen LogP contribution in [0.2, 0.25) is 0 Å². The zero-order valence-electron chi connectivity index (χ0n) is 11.7. The van der Waals surface area contributed by atoms with Crippen LogP contribution in [-0.2, 0) is 0 Å². The molecule has 0 atom stereocenters. The van der Waals surface area contributed by atoms with E-state index in [-0.39, 0.29) is 5.78 Å². The molecule has 4 nitrogen and oxygen atoms in total. The highest BCUT2D eigenvalue weighted by Gasteiger charge is 2.22. The van der Waals surface area contributed by atoms with E-state index in [0.717, 1.165) is 26.1 Å². The van der Waals surface area contributed by atoms with Gasteiger partial charge in [-0.15, -0.1) is 11.3 Å². The number of hydrogen-bond donors (Lipinski definition) is 0. The van der Waals surface area contributed by atoms with Crippen molar-refractivity contribution in [1.29, 1.82) is 0 Å². The van der Waals surface area contributed by atoms with Gasteiger partial charge in [0.25, 0.3) is 0 Å². The number of hydrogen-bond acceptors (Lipinski definition) is 5. The number of aryl methyl sites for hydroxylation is 1. The van der Waals surface area contributed by atoms with Crippen LogP contribution in [0.5, 0.6) is 11.5 Å². The van der Waals surface area contributed by atoms with Crippen molar-refractivity contribution < 1.29 is 18.7 Å². The number of furan rings is 1. The third-order valence-electron chi connectivity index (χ3n) is 3.24. The number of ketones is 1. The number of ether oxygens (including phenoxy) is 2. The Morgan fingerprint density at radius 1 is 1.15 bits per heavy atom. The Labute approximate surface area is 119 Å². The van der Waals surface area contributed by atoms with Gasteiger partial charge >= 0.3 is 0 Å². The molecule has 3 aromatic rings. The largest absolute Gasteiger partial charge is 0.495 e. The molecule has 0 radical (unpaired) electrons. The van der Waals surface area contributed by atoms with Gasteiger partial charge < -0.3 is 13.9 Å². The summed E-state index contributed by atoms with van der Waals surface area (Å²) >= 11 is 1.62. The maximum atomic E-state index is 11.5. The molecule has 0 aliphatic rings. The molecule has 5 heteroatoms. The van der Waals surface area contributed by atoms with Crippen molar-refractivity contribution in [3.63, 3.8) is 0 Å². The third kappa shape index (κ3) is 1.70. The van der Waals surface area contributed by atoms with E-state index < -0.39 is 0 Å². The third-order valence-corrected chi connectivity index (χ3v) is 4.29. The number of methoxy groups -OCH3 is 2. The molecule has 3 rings (SSSR count). The number of Topliss-reactive ketones (excluding diaryl/α,β-unsaturated/α-hetero) is 1. The lowest BCUT2D eigenvalue weighted by Gasteiger charge is -2.07. The van der Waals surface area contributed by atoms with E-state index in [1.165, 1.54) is 6.92 Å². The Balaban J connectivity index is 2.53. The molecular weight excluding hydrogens is 276 g/mol. The zero-order chi connectivity index (χ0) is 14.4. The Morgan fingerprint density at radius 3 is 2.45 bits per heavy atom. The van der Waals surface area contributed by atoms with Crippen LogP contribution in [0.4, 0.5) is 0 Å². The van der Waals surface area contributed by atoms with Crippen LogP contribution in [-0.4, -0.2) is 20.0 Å². The minimum Gasteiger partial charge on any atom is -0.495 e. The fraction of sp³-hybridized carbons (Fsp3) is 0.267. The van der Waals surface area contributed by atoms with Crippen LogP contribution < -0.4 is 9.47 Å². The summed E-state index contributed by atoms with van der Waals surface area (Å²) in [6.45, 7) is 3.51. The molecule has 0 amide bonds. The van der Waals surface area contributed by atoms with E-state index >= 15 is 0 Å². The molecule has 0 N–H and O–H groups in total. The molecule has 2 aromatic heterocycles. The minimum absolute atomic E-state index is 0.121. The molecule has 0 spiro atoms. The summed E-state index contributed by atoms with van der Waals surface area (Å²) in [5.74, 6) is 1.56. The molecule has 104 valence electrons. The van der Waals surface area contributed by atoms with Gasteiger partial charge in [0.1, 0.15) is 5.75 Å². The highest BCUT2D eigenvalue weighted by molar-refractivity contribution is 7.19. The van der Waals surface area contributed by atoms with Crippen LogP contribution in [0, 0.1) is 6.92 Å². The van der Waals surface area contributed by atoms with E-state index in [1.54, 1.807) is 31.6 Å². The summed E-state index contributed by atoms with van der Waals surface area (Å²) in [5, 5.41) is 1.75. The van der Waals surface area contributed by atoms with Crippen molar-refractivity contribution in [3.8, 4) is 11.5 Å². The summed E-state index contributed by atoms with van der Waals surface area (Å²) in [7, 11) is 3.22. The molecule has 20 heavy (non-hydrogen) atoms. The molecule has 0 unspecified atom stereocenters. The minimum atomic E-state index is -0.121. The topological polar surface area (TPSA) is 48.7 Å². The van der Waals surface area contributed by atoms with E-state index in [2.05, 4.69) is 6.07 Å². The van der Waals surface area contributed by atoms with Crippen molar-refractivity contribution in [1.82, 2.24) is 0 Å². The predicted octanol–water partition coefficient (Wildman–Crippen LogP) is 4.18. The molecule has 0 fully saturated rings. The van der Waals surface area contributed by atoms with Gasteiger partial charge in [-0.2, -0.15) is 0 Å². The molecule has 0 bridgehead atoms. The maximum absolute atomic E-state index is 11.5. The Bertz CT molecular complexity index is 766. The fourth-order valence-corrected chi connectivity index (χ4v) is 3.44. The highest BCUT2D eigenvalue weighted by atomic mass is 32.1. The summed E-state index contributed by atoms with van der Waals surface area (Å²) in [6, 6.07) is 3.77. The molecule has 0 saturated carbocycles. The van der Waals surface area contributed by atoms with Crippen molar-refractivity contribution in [3.05, 3.63) is 22.8 Å². The monoisotopic (exact) mass is 290 g/mol. The molecule has 0 saturated heterocycles. The van der Waals surface area contributed by atoms with Gasteiger partial charge in [-0.25, -0.2) is 0 Å². The number of fused-ring (bicyclic) bond motifs is 2. The number of benzene rings is 1. The van der Waals surface area contributed by atoms with Crippen molar-refractivity contribution in [2.24, 2.45) is 0 Å². The first-order valence-electron chi connectivity index (χ1n) is 6.15. The average Bonchev–Trinajstić information content (AvgIpc) is 2.98. The normalized spacial score (nSPS) is 11.2. The molecule has 0 aliphatic heterocycles. The molecular formula is C15H14O4S. The molecule has 1 aromatic carbocycles. The summed E-state index contributed by atoms with van der Waals surface area (Å²) < 4.78 is 17.7.